The number of amides is 1. The molecule has 0 radical (unpaired) electrons. The minimum Gasteiger partial charge on any atom is -0.327 e. The predicted octanol–water partition coefficient (Wildman–Crippen LogP) is 2.66. The Morgan fingerprint density at radius 1 is 1.25 bits per heavy atom. The number of hydrogen-bond donors (Lipinski definition) is 2. The van der Waals surface area contributed by atoms with Crippen molar-refractivity contribution in [3.05, 3.63) is 64.1 Å². The van der Waals surface area contributed by atoms with E-state index in [1.54, 1.807) is 23.2 Å². The van der Waals surface area contributed by atoms with Crippen LogP contribution in [0.2, 0.25) is 0 Å². The van der Waals surface area contributed by atoms with Gasteiger partial charge in [-0.2, -0.15) is 5.10 Å². The molecule has 1 unspecified atom stereocenters. The van der Waals surface area contributed by atoms with Crippen LogP contribution in [0.3, 0.4) is 0 Å². The zero-order valence-corrected chi connectivity index (χ0v) is 15.8. The van der Waals surface area contributed by atoms with Crippen LogP contribution < -0.4 is 5.56 Å². The Balaban J connectivity index is 1.65. The molecule has 4 heterocycles. The first kappa shape index (κ1) is 18.1. The van der Waals surface area contributed by atoms with Gasteiger partial charge in [-0.25, -0.2) is 4.98 Å². The summed E-state index contributed by atoms with van der Waals surface area (Å²) in [7, 11) is 0. The Kier molecular flexibility index (Phi) is 4.77. The maximum atomic E-state index is 13.0. The molecule has 1 aliphatic heterocycles. The number of nitrogens with one attached hydrogen (secondary N) is 2. The standard InChI is InChI=1S/C20H22N6O2/c1-12(2)14-10-16(25-24-14)20(28)26-9-5-7-17(26)19-22-15(11-18(27)23-19)13-6-3-4-8-21-13/h3-4,6,8,10-12,17H,5,7,9H2,1-2H3,(H,24,25)(H,22,23,27). The van der Waals surface area contributed by atoms with E-state index in [1.165, 1.54) is 6.07 Å². The van der Waals surface area contributed by atoms with Gasteiger partial charge in [-0.05, 0) is 37.0 Å². The Morgan fingerprint density at radius 3 is 2.82 bits per heavy atom. The molecule has 1 aliphatic rings. The highest BCUT2D eigenvalue weighted by Gasteiger charge is 2.33. The normalized spacial score (nSPS) is 16.7. The molecule has 0 bridgehead atoms. The molecule has 3 aromatic rings. The van der Waals surface area contributed by atoms with Crippen LogP contribution in [0.15, 0.2) is 41.3 Å². The fourth-order valence-corrected chi connectivity index (χ4v) is 3.46. The Labute approximate surface area is 162 Å². The maximum absolute atomic E-state index is 13.0. The summed E-state index contributed by atoms with van der Waals surface area (Å²) in [5.41, 5.74) is 2.17. The third kappa shape index (κ3) is 3.45. The number of carbonyl (C=O) groups excluding carboxylic acids is 1. The smallest absolute Gasteiger partial charge is 0.274 e. The molecule has 8 nitrogen and oxygen atoms in total. The van der Waals surface area contributed by atoms with E-state index in [2.05, 4.69) is 25.1 Å². The molecule has 0 spiro atoms. The summed E-state index contributed by atoms with van der Waals surface area (Å²) in [6, 6.07) is 8.39. The number of aromatic nitrogens is 5. The fourth-order valence-electron chi connectivity index (χ4n) is 3.46. The van der Waals surface area contributed by atoms with Gasteiger partial charge in [-0.15, -0.1) is 0 Å². The van der Waals surface area contributed by atoms with E-state index in [0.717, 1.165) is 18.5 Å². The molecule has 1 amide bonds. The van der Waals surface area contributed by atoms with E-state index >= 15 is 0 Å². The minimum absolute atomic E-state index is 0.156. The van der Waals surface area contributed by atoms with E-state index in [1.807, 2.05) is 26.0 Å². The van der Waals surface area contributed by atoms with Gasteiger partial charge >= 0.3 is 0 Å². The molecule has 4 rings (SSSR count). The fraction of sp³-hybridized carbons (Fsp3) is 0.350. The number of carbonyl (C=O) groups is 1. The molecule has 1 saturated heterocycles. The second-order valence-electron chi connectivity index (χ2n) is 7.25. The van der Waals surface area contributed by atoms with Crippen LogP contribution in [0, 0.1) is 0 Å². The van der Waals surface area contributed by atoms with Crippen molar-refractivity contribution >= 4 is 5.91 Å². The molecule has 1 atom stereocenters. The molecule has 0 saturated carbocycles. The number of H-pyrrole nitrogens is 2. The van der Waals surface area contributed by atoms with E-state index in [9.17, 15) is 9.59 Å². The van der Waals surface area contributed by atoms with Gasteiger partial charge < -0.3 is 9.88 Å². The highest BCUT2D eigenvalue weighted by molar-refractivity contribution is 5.92. The second-order valence-corrected chi connectivity index (χ2v) is 7.25. The summed E-state index contributed by atoms with van der Waals surface area (Å²) >= 11 is 0. The van der Waals surface area contributed by atoms with Crippen molar-refractivity contribution in [3.8, 4) is 11.4 Å². The number of aromatic amines is 2. The molecule has 144 valence electrons. The molecule has 2 N–H and O–H groups in total. The minimum atomic E-state index is -0.289. The van der Waals surface area contributed by atoms with E-state index in [4.69, 9.17) is 0 Å². The number of nitrogens with zero attached hydrogens (tertiary/aromatic N) is 4. The van der Waals surface area contributed by atoms with Gasteiger partial charge in [0, 0.05) is 24.5 Å². The first-order valence-corrected chi connectivity index (χ1v) is 9.42. The van der Waals surface area contributed by atoms with Crippen LogP contribution in [0.1, 0.15) is 60.7 Å². The van der Waals surface area contributed by atoms with Crippen LogP contribution in [0.25, 0.3) is 11.4 Å². The highest BCUT2D eigenvalue weighted by Crippen LogP contribution is 2.31. The molecule has 0 aromatic carbocycles. The van der Waals surface area contributed by atoms with Crippen molar-refractivity contribution in [1.29, 1.82) is 0 Å². The van der Waals surface area contributed by atoms with Crippen LogP contribution in [-0.2, 0) is 0 Å². The second kappa shape index (κ2) is 7.38. The monoisotopic (exact) mass is 378 g/mol. The highest BCUT2D eigenvalue weighted by atomic mass is 16.2. The topological polar surface area (TPSA) is 108 Å². The largest absolute Gasteiger partial charge is 0.327 e. The average Bonchev–Trinajstić information content (AvgIpc) is 3.37. The number of hydrogen-bond acceptors (Lipinski definition) is 5. The predicted molar refractivity (Wildman–Crippen MR) is 104 cm³/mol. The average molecular weight is 378 g/mol. The van der Waals surface area contributed by atoms with Crippen molar-refractivity contribution in [1.82, 2.24) is 30.0 Å². The first-order valence-electron chi connectivity index (χ1n) is 9.42. The van der Waals surface area contributed by atoms with Gasteiger partial charge in [-0.3, -0.25) is 19.7 Å². The lowest BCUT2D eigenvalue weighted by atomic mass is 10.1. The van der Waals surface area contributed by atoms with Gasteiger partial charge in [0.25, 0.3) is 11.5 Å². The third-order valence-electron chi connectivity index (χ3n) is 4.96. The summed E-state index contributed by atoms with van der Waals surface area (Å²) in [4.78, 5) is 38.7. The quantitative estimate of drug-likeness (QED) is 0.726. The molecule has 0 aliphatic carbocycles. The van der Waals surface area contributed by atoms with Gasteiger partial charge in [0.05, 0.1) is 17.4 Å². The Bertz CT molecular complexity index is 1040. The van der Waals surface area contributed by atoms with Crippen molar-refractivity contribution < 1.29 is 4.79 Å². The zero-order chi connectivity index (χ0) is 19.7. The van der Waals surface area contributed by atoms with Gasteiger partial charge in [-0.1, -0.05) is 19.9 Å². The van der Waals surface area contributed by atoms with Crippen LogP contribution in [0.4, 0.5) is 0 Å². The molecule has 28 heavy (non-hydrogen) atoms. The molecule has 3 aromatic heterocycles. The van der Waals surface area contributed by atoms with Crippen LogP contribution in [0.5, 0.6) is 0 Å². The van der Waals surface area contributed by atoms with Gasteiger partial charge in [0.1, 0.15) is 11.5 Å². The number of rotatable bonds is 4. The number of likely N-dealkylation sites (tertiary alicyclic amines) is 1. The Morgan fingerprint density at radius 2 is 2.11 bits per heavy atom. The summed E-state index contributed by atoms with van der Waals surface area (Å²) in [6.07, 6.45) is 3.24. The van der Waals surface area contributed by atoms with Crippen molar-refractivity contribution in [2.24, 2.45) is 0 Å². The SMILES string of the molecule is CC(C)c1cc(C(=O)N2CCCC2c2nc(-c3ccccn3)cc(=O)[nH]2)n[nH]1. The van der Waals surface area contributed by atoms with E-state index < -0.39 is 0 Å². The lowest BCUT2D eigenvalue weighted by Gasteiger charge is -2.23. The van der Waals surface area contributed by atoms with Crippen molar-refractivity contribution in [2.75, 3.05) is 6.54 Å². The summed E-state index contributed by atoms with van der Waals surface area (Å²) in [5, 5.41) is 7.10. The van der Waals surface area contributed by atoms with Crippen LogP contribution >= 0.6 is 0 Å². The Hall–Kier alpha value is -3.29. The first-order chi connectivity index (χ1) is 13.5. The molecule has 1 fully saturated rings. The van der Waals surface area contributed by atoms with Gasteiger partial charge in [0.15, 0.2) is 0 Å². The molecular formula is C20H22N6O2. The van der Waals surface area contributed by atoms with Crippen LogP contribution in [-0.4, -0.2) is 42.5 Å². The maximum Gasteiger partial charge on any atom is 0.274 e. The summed E-state index contributed by atoms with van der Waals surface area (Å²) in [6.45, 7) is 4.68. The van der Waals surface area contributed by atoms with Crippen molar-refractivity contribution in [2.45, 2.75) is 38.6 Å². The lowest BCUT2D eigenvalue weighted by molar-refractivity contribution is 0.0723. The lowest BCUT2D eigenvalue weighted by Crippen LogP contribution is -2.32. The third-order valence-corrected chi connectivity index (χ3v) is 4.96. The van der Waals surface area contributed by atoms with E-state index in [0.29, 0.717) is 29.5 Å². The molecular weight excluding hydrogens is 356 g/mol. The van der Waals surface area contributed by atoms with Crippen molar-refractivity contribution in [3.63, 3.8) is 0 Å². The number of pyridine rings is 1. The molecule has 8 heteroatoms. The van der Waals surface area contributed by atoms with E-state index in [-0.39, 0.29) is 23.4 Å². The summed E-state index contributed by atoms with van der Waals surface area (Å²) < 4.78 is 0. The summed E-state index contributed by atoms with van der Waals surface area (Å²) in [5.74, 6) is 0.590. The van der Waals surface area contributed by atoms with Gasteiger partial charge in [0.2, 0.25) is 0 Å². The zero-order valence-electron chi connectivity index (χ0n) is 15.8.